The number of hydrogen-bond donors (Lipinski definition) is 1. The fourth-order valence-electron chi connectivity index (χ4n) is 5.78. The molecular formula is C32H33N2O3P. The van der Waals surface area contributed by atoms with Crippen LogP contribution in [-0.4, -0.2) is 29.9 Å². The molecule has 6 rings (SSSR count). The highest BCUT2D eigenvalue weighted by molar-refractivity contribution is 7.94. The lowest BCUT2D eigenvalue weighted by atomic mass is 10.0. The van der Waals surface area contributed by atoms with Crippen molar-refractivity contribution in [1.82, 2.24) is 4.57 Å². The number of carbonyl (C=O) groups is 2. The number of ether oxygens (including phenoxy) is 1. The van der Waals surface area contributed by atoms with Gasteiger partial charge in [0, 0.05) is 25.3 Å². The van der Waals surface area contributed by atoms with Gasteiger partial charge < -0.3 is 14.6 Å². The minimum absolute atomic E-state index is 0.0798. The summed E-state index contributed by atoms with van der Waals surface area (Å²) in [4.78, 5) is 22.9. The van der Waals surface area contributed by atoms with E-state index in [1.807, 2.05) is 19.1 Å². The van der Waals surface area contributed by atoms with Crippen LogP contribution in [0, 0.1) is 12.8 Å². The first kappa shape index (κ1) is 26.0. The molecule has 2 heterocycles. The molecular weight excluding hydrogens is 491 g/mol. The summed E-state index contributed by atoms with van der Waals surface area (Å²) >= 11 is 0. The van der Waals surface area contributed by atoms with Crippen LogP contribution >= 0.6 is 6.89 Å². The summed E-state index contributed by atoms with van der Waals surface area (Å²) in [5.74, 6) is 2.91. The number of methoxy groups -OCH3 is 1. The van der Waals surface area contributed by atoms with Crippen LogP contribution < -0.4 is 21.2 Å². The zero-order valence-corrected chi connectivity index (χ0v) is 22.7. The number of aryl methyl sites for hydroxylation is 1. The second kappa shape index (κ2) is 11.4. The van der Waals surface area contributed by atoms with E-state index in [0.717, 1.165) is 31.1 Å². The molecule has 0 bridgehead atoms. The highest BCUT2D eigenvalue weighted by atomic mass is 31.2. The van der Waals surface area contributed by atoms with Crippen LogP contribution in [0.25, 0.3) is 0 Å². The first-order valence-electron chi connectivity index (χ1n) is 13.0. The van der Waals surface area contributed by atoms with Gasteiger partial charge in [0.05, 0.1) is 11.5 Å². The SMILES string of the molecule is COC=P(c1ccccc1)(c1ccccc1)c1ccccc1.Cc1cn2c(c1C=O)NC(=O)C1CCCC12. The Bertz CT molecular complexity index is 1360. The van der Waals surface area contributed by atoms with Crippen molar-refractivity contribution in [1.29, 1.82) is 0 Å². The number of anilines is 1. The van der Waals surface area contributed by atoms with E-state index in [9.17, 15) is 9.59 Å². The lowest BCUT2D eigenvalue weighted by Gasteiger charge is -2.28. The summed E-state index contributed by atoms with van der Waals surface area (Å²) in [6.07, 6.45) is 5.91. The molecule has 1 N–H and O–H groups in total. The number of hydrogen-bond acceptors (Lipinski definition) is 3. The quantitative estimate of drug-likeness (QED) is 0.285. The zero-order valence-electron chi connectivity index (χ0n) is 21.8. The second-order valence-electron chi connectivity index (χ2n) is 9.76. The smallest absolute Gasteiger partial charge is 0.230 e. The van der Waals surface area contributed by atoms with Crippen molar-refractivity contribution in [3.05, 3.63) is 108 Å². The Labute approximate surface area is 224 Å². The zero-order chi connectivity index (χ0) is 26.5. The molecule has 1 aliphatic carbocycles. The summed E-state index contributed by atoms with van der Waals surface area (Å²) in [7, 11) is 1.74. The minimum Gasteiger partial charge on any atom is -0.356 e. The third kappa shape index (κ3) is 4.69. The molecule has 194 valence electrons. The molecule has 6 heteroatoms. The van der Waals surface area contributed by atoms with Crippen LogP contribution in [0.4, 0.5) is 5.82 Å². The standard InChI is InChI=1S/C20H19OP.C12H14N2O2/c1-21-17-22(18-11-5-2-6-12-18,19-13-7-3-8-14-19)20-15-9-4-10-16-20;1-7-5-14-10-4-2-3-8(10)12(16)13-11(14)9(7)6-15/h2-17H,1H3;5-6,8,10H,2-4H2,1H3,(H,13,16). The number of amides is 1. The highest BCUT2D eigenvalue weighted by Crippen LogP contribution is 2.44. The summed E-state index contributed by atoms with van der Waals surface area (Å²) < 4.78 is 7.68. The Morgan fingerprint density at radius 2 is 1.39 bits per heavy atom. The van der Waals surface area contributed by atoms with Crippen molar-refractivity contribution in [2.24, 2.45) is 5.92 Å². The molecule has 38 heavy (non-hydrogen) atoms. The highest BCUT2D eigenvalue weighted by Gasteiger charge is 2.40. The lowest BCUT2D eigenvalue weighted by Crippen LogP contribution is -2.34. The molecule has 2 unspecified atom stereocenters. The number of aldehydes is 1. The van der Waals surface area contributed by atoms with Gasteiger partial charge in [0.15, 0.2) is 6.29 Å². The largest absolute Gasteiger partial charge is 0.356 e. The van der Waals surface area contributed by atoms with E-state index in [-0.39, 0.29) is 17.9 Å². The van der Waals surface area contributed by atoms with Gasteiger partial charge >= 0.3 is 0 Å². The average Bonchev–Trinajstić information content (AvgIpc) is 3.58. The second-order valence-corrected chi connectivity index (χ2v) is 13.0. The van der Waals surface area contributed by atoms with Gasteiger partial charge in [-0.15, -0.1) is 0 Å². The predicted octanol–water partition coefficient (Wildman–Crippen LogP) is 5.29. The third-order valence-corrected chi connectivity index (χ3v) is 11.4. The monoisotopic (exact) mass is 524 g/mol. The maximum Gasteiger partial charge on any atom is 0.230 e. The fourth-order valence-corrected chi connectivity index (χ4v) is 9.28. The first-order chi connectivity index (χ1) is 18.6. The van der Waals surface area contributed by atoms with Gasteiger partial charge in [0.1, 0.15) is 5.82 Å². The van der Waals surface area contributed by atoms with Crippen molar-refractivity contribution in [3.8, 4) is 0 Å². The van der Waals surface area contributed by atoms with E-state index in [2.05, 4.69) is 101 Å². The molecule has 1 aliphatic heterocycles. The minimum atomic E-state index is -1.90. The van der Waals surface area contributed by atoms with Gasteiger partial charge in [-0.3, -0.25) is 9.59 Å². The lowest BCUT2D eigenvalue weighted by molar-refractivity contribution is -0.121. The van der Waals surface area contributed by atoms with Gasteiger partial charge in [-0.2, -0.15) is 0 Å². The molecule has 0 saturated heterocycles. The third-order valence-electron chi connectivity index (χ3n) is 7.56. The van der Waals surface area contributed by atoms with Gasteiger partial charge in [0.25, 0.3) is 0 Å². The van der Waals surface area contributed by atoms with Crippen molar-refractivity contribution in [2.45, 2.75) is 32.2 Å². The number of rotatable bonds is 5. The Kier molecular flexibility index (Phi) is 7.78. The number of nitrogens with one attached hydrogen (secondary N) is 1. The summed E-state index contributed by atoms with van der Waals surface area (Å²) in [5.41, 5.74) is 1.57. The molecule has 1 aromatic heterocycles. The topological polar surface area (TPSA) is 60.3 Å². The molecule has 2 aliphatic rings. The molecule has 3 aromatic carbocycles. The molecule has 5 nitrogen and oxygen atoms in total. The van der Waals surface area contributed by atoms with E-state index in [1.165, 1.54) is 15.9 Å². The molecule has 1 saturated carbocycles. The predicted molar refractivity (Wildman–Crippen MR) is 158 cm³/mol. The van der Waals surface area contributed by atoms with E-state index in [0.29, 0.717) is 11.4 Å². The first-order valence-corrected chi connectivity index (χ1v) is 14.9. The number of benzene rings is 3. The number of nitrogens with zero attached hydrogens (tertiary/aromatic N) is 1. The Balaban J connectivity index is 0.000000162. The van der Waals surface area contributed by atoms with Gasteiger partial charge in [0.2, 0.25) is 5.91 Å². The Morgan fingerprint density at radius 1 is 0.868 bits per heavy atom. The molecule has 2 atom stereocenters. The van der Waals surface area contributed by atoms with Crippen molar-refractivity contribution >= 4 is 46.8 Å². The Hall–Kier alpha value is -3.66. The van der Waals surface area contributed by atoms with E-state index in [4.69, 9.17) is 4.74 Å². The maximum absolute atomic E-state index is 11.9. The maximum atomic E-state index is 11.9. The van der Waals surface area contributed by atoms with Crippen LogP contribution in [0.1, 0.15) is 41.2 Å². The fraction of sp³-hybridized carbons (Fsp3) is 0.219. The summed E-state index contributed by atoms with van der Waals surface area (Å²) in [6.45, 7) is 0.00743. The van der Waals surface area contributed by atoms with Crippen LogP contribution in [-0.2, 0) is 9.53 Å². The average molecular weight is 525 g/mol. The van der Waals surface area contributed by atoms with Crippen molar-refractivity contribution in [3.63, 3.8) is 0 Å². The van der Waals surface area contributed by atoms with E-state index in [1.54, 1.807) is 7.11 Å². The normalized spacial score (nSPS) is 17.9. The van der Waals surface area contributed by atoms with Crippen LogP contribution in [0.5, 0.6) is 0 Å². The Morgan fingerprint density at radius 3 is 1.87 bits per heavy atom. The number of carbonyl (C=O) groups excluding carboxylic acids is 2. The van der Waals surface area contributed by atoms with Crippen LogP contribution in [0.3, 0.4) is 0 Å². The van der Waals surface area contributed by atoms with Gasteiger partial charge in [-0.05, 0) is 48.1 Å². The number of fused-ring (bicyclic) bond motifs is 3. The molecule has 0 radical (unpaired) electrons. The van der Waals surface area contributed by atoms with Crippen molar-refractivity contribution < 1.29 is 14.3 Å². The molecule has 4 aromatic rings. The van der Waals surface area contributed by atoms with Crippen LogP contribution in [0.15, 0.2) is 97.2 Å². The molecule has 0 spiro atoms. The summed E-state index contributed by atoms with van der Waals surface area (Å²) in [6, 6.07) is 32.2. The van der Waals surface area contributed by atoms with Gasteiger partial charge in [-0.1, -0.05) is 97.4 Å². The number of aromatic nitrogens is 1. The van der Waals surface area contributed by atoms with E-state index < -0.39 is 6.89 Å². The van der Waals surface area contributed by atoms with Crippen LogP contribution in [0.2, 0.25) is 0 Å². The molecule has 1 amide bonds. The summed E-state index contributed by atoms with van der Waals surface area (Å²) in [5, 5.41) is 6.77. The van der Waals surface area contributed by atoms with Gasteiger partial charge in [-0.25, -0.2) is 0 Å². The molecule has 1 fully saturated rings. The van der Waals surface area contributed by atoms with E-state index >= 15 is 0 Å². The van der Waals surface area contributed by atoms with Crippen molar-refractivity contribution in [2.75, 3.05) is 12.4 Å².